The number of nitrogens with zero attached hydrogens (tertiary/aromatic N) is 1. The maximum Gasteiger partial charge on any atom is 0.286 e. The summed E-state index contributed by atoms with van der Waals surface area (Å²) < 4.78 is 15.2. The number of furan rings is 1. The lowest BCUT2D eigenvalue weighted by molar-refractivity contribution is -0.116. The number of methoxy groups -OCH3 is 1. The van der Waals surface area contributed by atoms with Crippen molar-refractivity contribution in [1.82, 2.24) is 10.3 Å². The Hall–Kier alpha value is -2.87. The summed E-state index contributed by atoms with van der Waals surface area (Å²) in [6.07, 6.45) is 3.05. The molecule has 0 aromatic carbocycles. The Morgan fingerprint density at radius 1 is 1.25 bits per heavy atom. The van der Waals surface area contributed by atoms with Crippen LogP contribution in [0.4, 0.5) is 5.69 Å². The molecule has 0 saturated heterocycles. The van der Waals surface area contributed by atoms with E-state index in [9.17, 15) is 9.59 Å². The first-order chi connectivity index (χ1) is 11.7. The van der Waals surface area contributed by atoms with Gasteiger partial charge in [0.05, 0.1) is 24.8 Å². The van der Waals surface area contributed by atoms with E-state index in [4.69, 9.17) is 13.9 Å². The predicted octanol–water partition coefficient (Wildman–Crippen LogP) is 1.46. The van der Waals surface area contributed by atoms with Crippen molar-refractivity contribution >= 4 is 17.5 Å². The minimum Gasteiger partial charge on any atom is -0.475 e. The van der Waals surface area contributed by atoms with Gasteiger partial charge in [0.15, 0.2) is 5.76 Å². The van der Waals surface area contributed by atoms with Crippen LogP contribution in [-0.2, 0) is 9.53 Å². The number of hydrogen-bond donors (Lipinski definition) is 2. The van der Waals surface area contributed by atoms with E-state index in [1.165, 1.54) is 12.5 Å². The highest BCUT2D eigenvalue weighted by molar-refractivity contribution is 5.93. The average molecular weight is 333 g/mol. The predicted molar refractivity (Wildman–Crippen MR) is 85.9 cm³/mol. The molecule has 0 radical (unpaired) electrons. The molecule has 24 heavy (non-hydrogen) atoms. The van der Waals surface area contributed by atoms with E-state index in [1.54, 1.807) is 31.4 Å². The maximum atomic E-state index is 11.8. The molecule has 0 saturated carbocycles. The van der Waals surface area contributed by atoms with Crippen LogP contribution in [-0.4, -0.2) is 43.7 Å². The van der Waals surface area contributed by atoms with Crippen molar-refractivity contribution in [2.24, 2.45) is 0 Å². The van der Waals surface area contributed by atoms with Crippen LogP contribution < -0.4 is 15.4 Å². The number of rotatable bonds is 9. The van der Waals surface area contributed by atoms with Gasteiger partial charge < -0.3 is 24.5 Å². The number of ether oxygens (including phenoxy) is 2. The lowest BCUT2D eigenvalue weighted by Crippen LogP contribution is -2.27. The van der Waals surface area contributed by atoms with Crippen molar-refractivity contribution in [1.29, 1.82) is 0 Å². The first-order valence-electron chi connectivity index (χ1n) is 7.38. The van der Waals surface area contributed by atoms with Gasteiger partial charge in [0.25, 0.3) is 5.91 Å². The van der Waals surface area contributed by atoms with E-state index >= 15 is 0 Å². The fraction of sp³-hybridized carbons (Fsp3) is 0.312. The molecule has 0 unspecified atom stereocenters. The number of anilines is 1. The number of pyridine rings is 1. The maximum absolute atomic E-state index is 11.8. The molecule has 0 aliphatic heterocycles. The minimum atomic E-state index is -0.355. The second-order valence-corrected chi connectivity index (χ2v) is 4.76. The van der Waals surface area contributed by atoms with Crippen LogP contribution in [0.5, 0.6) is 5.88 Å². The second-order valence-electron chi connectivity index (χ2n) is 4.76. The number of nitrogens with one attached hydrogen (secondary N) is 2. The van der Waals surface area contributed by atoms with Crippen molar-refractivity contribution in [3.05, 3.63) is 42.5 Å². The SMILES string of the molecule is COCCOc1ccc(NC(=O)CCNC(=O)c2ccco2)cn1. The lowest BCUT2D eigenvalue weighted by Gasteiger charge is -2.07. The van der Waals surface area contributed by atoms with Gasteiger partial charge in [-0.25, -0.2) is 4.98 Å². The van der Waals surface area contributed by atoms with E-state index in [-0.39, 0.29) is 30.5 Å². The highest BCUT2D eigenvalue weighted by atomic mass is 16.5. The van der Waals surface area contributed by atoms with Gasteiger partial charge in [0.2, 0.25) is 11.8 Å². The average Bonchev–Trinajstić information content (AvgIpc) is 3.11. The normalized spacial score (nSPS) is 10.2. The van der Waals surface area contributed by atoms with Crippen molar-refractivity contribution < 1.29 is 23.5 Å². The number of amides is 2. The van der Waals surface area contributed by atoms with E-state index in [2.05, 4.69) is 15.6 Å². The smallest absolute Gasteiger partial charge is 0.286 e. The molecule has 0 aliphatic rings. The molecule has 2 heterocycles. The van der Waals surface area contributed by atoms with E-state index in [0.29, 0.717) is 24.8 Å². The molecule has 2 aromatic heterocycles. The van der Waals surface area contributed by atoms with Crippen molar-refractivity contribution in [3.63, 3.8) is 0 Å². The first kappa shape index (κ1) is 17.5. The molecular weight excluding hydrogens is 314 g/mol. The summed E-state index contributed by atoms with van der Waals surface area (Å²) in [5.41, 5.74) is 0.552. The summed E-state index contributed by atoms with van der Waals surface area (Å²) in [6, 6.07) is 6.52. The van der Waals surface area contributed by atoms with Gasteiger partial charge in [-0.3, -0.25) is 9.59 Å². The molecule has 2 N–H and O–H groups in total. The van der Waals surface area contributed by atoms with Gasteiger partial charge in [-0.1, -0.05) is 0 Å². The van der Waals surface area contributed by atoms with Crippen LogP contribution in [0.25, 0.3) is 0 Å². The Bertz CT molecular complexity index is 640. The summed E-state index contributed by atoms with van der Waals surface area (Å²) in [7, 11) is 1.59. The van der Waals surface area contributed by atoms with Gasteiger partial charge in [-0.05, 0) is 18.2 Å². The lowest BCUT2D eigenvalue weighted by atomic mass is 10.3. The molecule has 2 rings (SSSR count). The Balaban J connectivity index is 1.69. The summed E-state index contributed by atoms with van der Waals surface area (Å²) in [6.45, 7) is 1.09. The van der Waals surface area contributed by atoms with Crippen LogP contribution in [0.3, 0.4) is 0 Å². The van der Waals surface area contributed by atoms with Crippen LogP contribution in [0, 0.1) is 0 Å². The van der Waals surface area contributed by atoms with Crippen LogP contribution in [0.1, 0.15) is 17.0 Å². The molecule has 0 bridgehead atoms. The second kappa shape index (κ2) is 9.31. The standard InChI is InChI=1S/C16H19N3O5/c1-22-9-10-24-15-5-4-12(11-18-15)19-14(20)6-7-17-16(21)13-3-2-8-23-13/h2-5,8,11H,6-7,9-10H2,1H3,(H,17,21)(H,19,20). The Kier molecular flexibility index (Phi) is 6.78. The Labute approximate surface area is 139 Å². The van der Waals surface area contributed by atoms with Crippen LogP contribution in [0.15, 0.2) is 41.1 Å². The first-order valence-corrected chi connectivity index (χ1v) is 7.38. The number of aromatic nitrogens is 1. The molecule has 0 atom stereocenters. The van der Waals surface area contributed by atoms with Crippen molar-refractivity contribution in [2.75, 3.05) is 32.2 Å². The topological polar surface area (TPSA) is 103 Å². The zero-order chi connectivity index (χ0) is 17.2. The van der Waals surface area contributed by atoms with Gasteiger partial charge in [-0.15, -0.1) is 0 Å². The zero-order valence-corrected chi connectivity index (χ0v) is 13.3. The van der Waals surface area contributed by atoms with E-state index < -0.39 is 0 Å². The summed E-state index contributed by atoms with van der Waals surface area (Å²) >= 11 is 0. The summed E-state index contributed by atoms with van der Waals surface area (Å²) in [5, 5.41) is 5.29. The molecule has 0 fully saturated rings. The summed E-state index contributed by atoms with van der Waals surface area (Å²) in [4.78, 5) is 27.5. The minimum absolute atomic E-state index is 0.137. The molecule has 8 nitrogen and oxygen atoms in total. The molecule has 8 heteroatoms. The third-order valence-corrected chi connectivity index (χ3v) is 2.94. The fourth-order valence-corrected chi connectivity index (χ4v) is 1.78. The molecular formula is C16H19N3O5. The molecule has 0 spiro atoms. The van der Waals surface area contributed by atoms with Gasteiger partial charge in [0.1, 0.15) is 6.61 Å². The largest absolute Gasteiger partial charge is 0.475 e. The molecule has 2 aromatic rings. The third kappa shape index (κ3) is 5.73. The van der Waals surface area contributed by atoms with Crippen LogP contribution >= 0.6 is 0 Å². The van der Waals surface area contributed by atoms with E-state index in [1.807, 2.05) is 0 Å². The van der Waals surface area contributed by atoms with Gasteiger partial charge >= 0.3 is 0 Å². The third-order valence-electron chi connectivity index (χ3n) is 2.94. The Morgan fingerprint density at radius 2 is 2.12 bits per heavy atom. The van der Waals surface area contributed by atoms with Gasteiger partial charge in [0, 0.05) is 26.1 Å². The monoisotopic (exact) mass is 333 g/mol. The zero-order valence-electron chi connectivity index (χ0n) is 13.3. The number of hydrogen-bond acceptors (Lipinski definition) is 6. The van der Waals surface area contributed by atoms with Crippen molar-refractivity contribution in [3.8, 4) is 5.88 Å². The molecule has 2 amide bonds. The van der Waals surface area contributed by atoms with Gasteiger partial charge in [-0.2, -0.15) is 0 Å². The fourth-order valence-electron chi connectivity index (χ4n) is 1.78. The van der Waals surface area contributed by atoms with E-state index in [0.717, 1.165) is 0 Å². The highest BCUT2D eigenvalue weighted by Gasteiger charge is 2.09. The molecule has 128 valence electrons. The van der Waals surface area contributed by atoms with Crippen LogP contribution in [0.2, 0.25) is 0 Å². The quantitative estimate of drug-likeness (QED) is 0.674. The molecule has 0 aliphatic carbocycles. The number of carbonyl (C=O) groups is 2. The highest BCUT2D eigenvalue weighted by Crippen LogP contribution is 2.11. The number of carbonyl (C=O) groups excluding carboxylic acids is 2. The summed E-state index contributed by atoms with van der Waals surface area (Å²) in [5.74, 6) is 0.0797. The van der Waals surface area contributed by atoms with Crippen molar-refractivity contribution in [2.45, 2.75) is 6.42 Å². The Morgan fingerprint density at radius 3 is 2.79 bits per heavy atom.